The first-order valence-corrected chi connectivity index (χ1v) is 4.08. The highest BCUT2D eigenvalue weighted by Gasteiger charge is 2.08. The molecule has 1 radical (unpaired) electrons. The first-order chi connectivity index (χ1) is 4.16. The summed E-state index contributed by atoms with van der Waals surface area (Å²) in [6, 6.07) is 0. The van der Waals surface area contributed by atoms with E-state index in [0.717, 1.165) is 0 Å². The summed E-state index contributed by atoms with van der Waals surface area (Å²) in [4.78, 5) is 0. The minimum absolute atomic E-state index is 0.0706. The average molecular weight is 155 g/mol. The van der Waals surface area contributed by atoms with Crippen molar-refractivity contribution in [2.45, 2.75) is 12.8 Å². The molecule has 0 aromatic carbocycles. The van der Waals surface area contributed by atoms with E-state index in [0.29, 0.717) is 0 Å². The molecule has 55 valence electrons. The van der Waals surface area contributed by atoms with Gasteiger partial charge >= 0.3 is 0 Å². The molecule has 9 heavy (non-hydrogen) atoms. The second-order valence-corrected chi connectivity index (χ2v) is 3.22. The first-order valence-electron chi connectivity index (χ1n) is 2.59. The molecule has 0 rings (SSSR count). The molecule has 1 unspecified atom stereocenters. The van der Waals surface area contributed by atoms with Crippen molar-refractivity contribution >= 4 is 11.2 Å². The quantitative estimate of drug-likeness (QED) is 0.560. The fourth-order valence-electron chi connectivity index (χ4n) is 0.323. The molecule has 0 N–H and O–H groups in total. The lowest BCUT2D eigenvalue weighted by molar-refractivity contribution is 0.145. The molecule has 0 aliphatic carbocycles. The number of hydrogen-bond donors (Lipinski definition) is 0. The standard InChI is InChI=1S/C5H9F2OS/c1-2-9(8)4-3-5(6)7/h5H,1-4H2. The monoisotopic (exact) mass is 155 g/mol. The van der Waals surface area contributed by atoms with E-state index in [4.69, 9.17) is 0 Å². The number of rotatable bonds is 4. The van der Waals surface area contributed by atoms with Crippen LogP contribution in [0.5, 0.6) is 0 Å². The van der Waals surface area contributed by atoms with Crippen LogP contribution < -0.4 is 0 Å². The van der Waals surface area contributed by atoms with Gasteiger partial charge in [0.15, 0.2) is 0 Å². The summed E-state index contributed by atoms with van der Waals surface area (Å²) < 4.78 is 33.2. The van der Waals surface area contributed by atoms with E-state index in [2.05, 4.69) is 6.92 Å². The van der Waals surface area contributed by atoms with Gasteiger partial charge < -0.3 is 4.55 Å². The van der Waals surface area contributed by atoms with Crippen molar-refractivity contribution in [3.8, 4) is 0 Å². The fraction of sp³-hybridized carbons (Fsp3) is 0.800. The van der Waals surface area contributed by atoms with E-state index in [-0.39, 0.29) is 17.9 Å². The summed E-state index contributed by atoms with van der Waals surface area (Å²) >= 11 is -1.14. The maximum absolute atomic E-state index is 11.4. The molecule has 1 nitrogen and oxygen atoms in total. The molecule has 0 saturated carbocycles. The van der Waals surface area contributed by atoms with Crippen LogP contribution >= 0.6 is 0 Å². The van der Waals surface area contributed by atoms with Crippen molar-refractivity contribution in [3.05, 3.63) is 6.92 Å². The highest BCUT2D eigenvalue weighted by Crippen LogP contribution is 2.02. The normalized spacial score (nSPS) is 14.3. The van der Waals surface area contributed by atoms with Crippen LogP contribution in [0.1, 0.15) is 6.42 Å². The molecule has 4 heteroatoms. The van der Waals surface area contributed by atoms with E-state index in [1.807, 2.05) is 0 Å². The molecular formula is C5H9F2OS. The van der Waals surface area contributed by atoms with Crippen molar-refractivity contribution in [2.24, 2.45) is 0 Å². The maximum atomic E-state index is 11.4. The van der Waals surface area contributed by atoms with E-state index >= 15 is 0 Å². The first kappa shape index (κ1) is 9.17. The Hall–Kier alpha value is 0.170. The van der Waals surface area contributed by atoms with E-state index in [1.165, 1.54) is 0 Å². The van der Waals surface area contributed by atoms with Crippen LogP contribution in [0.4, 0.5) is 8.78 Å². The zero-order valence-electron chi connectivity index (χ0n) is 4.98. The third-order valence-corrected chi connectivity index (χ3v) is 1.94. The summed E-state index contributed by atoms with van der Waals surface area (Å²) in [5, 5.41) is 0. The Morgan fingerprint density at radius 1 is 1.56 bits per heavy atom. The minimum atomic E-state index is -2.33. The Balaban J connectivity index is 3.06. The van der Waals surface area contributed by atoms with Crippen molar-refractivity contribution in [1.82, 2.24) is 0 Å². The zero-order valence-corrected chi connectivity index (χ0v) is 5.79. The topological polar surface area (TPSA) is 23.1 Å². The van der Waals surface area contributed by atoms with Gasteiger partial charge in [-0.2, -0.15) is 0 Å². The van der Waals surface area contributed by atoms with Gasteiger partial charge in [-0.3, -0.25) is 0 Å². The molecule has 0 amide bonds. The van der Waals surface area contributed by atoms with Crippen molar-refractivity contribution in [1.29, 1.82) is 0 Å². The lowest BCUT2D eigenvalue weighted by atomic mass is 10.5. The van der Waals surface area contributed by atoms with E-state index in [1.54, 1.807) is 0 Å². The summed E-state index contributed by atoms with van der Waals surface area (Å²) in [5.74, 6) is 0.299. The lowest BCUT2D eigenvalue weighted by Gasteiger charge is -2.06. The number of hydrogen-bond acceptors (Lipinski definition) is 1. The highest BCUT2D eigenvalue weighted by atomic mass is 32.2. The van der Waals surface area contributed by atoms with Crippen LogP contribution in [-0.2, 0) is 11.2 Å². The molecule has 0 aromatic rings. The van der Waals surface area contributed by atoms with Gasteiger partial charge in [-0.1, -0.05) is 11.2 Å². The van der Waals surface area contributed by atoms with Crippen molar-refractivity contribution < 1.29 is 13.3 Å². The zero-order chi connectivity index (χ0) is 7.28. The fourth-order valence-corrected chi connectivity index (χ4v) is 0.968. The maximum Gasteiger partial charge on any atom is 0.243 e. The predicted octanol–water partition coefficient (Wildman–Crippen LogP) is 1.22. The van der Waals surface area contributed by atoms with Crippen molar-refractivity contribution in [3.63, 3.8) is 0 Å². The lowest BCUT2D eigenvalue weighted by Crippen LogP contribution is -2.11. The van der Waals surface area contributed by atoms with Crippen LogP contribution in [0, 0.1) is 6.92 Å². The van der Waals surface area contributed by atoms with Gasteiger partial charge in [-0.25, -0.2) is 8.78 Å². The SMILES string of the molecule is [CH2]C[S+]([O-])CCC(F)F. The molecule has 0 aromatic heterocycles. The van der Waals surface area contributed by atoms with E-state index < -0.39 is 17.6 Å². The van der Waals surface area contributed by atoms with Crippen molar-refractivity contribution in [2.75, 3.05) is 11.5 Å². The largest absolute Gasteiger partial charge is 0.616 e. The molecular weight excluding hydrogens is 146 g/mol. The molecule has 0 fully saturated rings. The summed E-state index contributed by atoms with van der Waals surface area (Å²) in [5.41, 5.74) is 0. The molecule has 0 aliphatic heterocycles. The van der Waals surface area contributed by atoms with Gasteiger partial charge in [0.1, 0.15) is 11.5 Å². The Morgan fingerprint density at radius 3 is 2.44 bits per heavy atom. The highest BCUT2D eigenvalue weighted by molar-refractivity contribution is 7.91. The summed E-state index contributed by atoms with van der Waals surface area (Å²) in [7, 11) is 0. The molecule has 0 aliphatic rings. The Kier molecular flexibility index (Phi) is 5.09. The van der Waals surface area contributed by atoms with Gasteiger partial charge in [-0.05, 0) is 6.92 Å². The van der Waals surface area contributed by atoms with Gasteiger partial charge in [-0.15, -0.1) is 0 Å². The van der Waals surface area contributed by atoms with Crippen LogP contribution in [0.3, 0.4) is 0 Å². The Labute approximate surface area is 56.6 Å². The molecule has 0 bridgehead atoms. The third-order valence-electron chi connectivity index (χ3n) is 0.791. The van der Waals surface area contributed by atoms with Gasteiger partial charge in [0.25, 0.3) is 0 Å². The second-order valence-electron chi connectivity index (χ2n) is 1.53. The summed E-state index contributed by atoms with van der Waals surface area (Å²) in [6.45, 7) is 3.32. The summed E-state index contributed by atoms with van der Waals surface area (Å²) in [6.07, 6.45) is -2.61. The van der Waals surface area contributed by atoms with Crippen LogP contribution in [0.2, 0.25) is 0 Å². The smallest absolute Gasteiger partial charge is 0.243 e. The number of alkyl halides is 2. The Bertz CT molecular complexity index is 70.0. The minimum Gasteiger partial charge on any atom is -0.616 e. The number of halogens is 2. The molecule has 1 atom stereocenters. The molecule has 0 heterocycles. The molecule has 0 saturated heterocycles. The van der Waals surface area contributed by atoms with Crippen LogP contribution in [0.25, 0.3) is 0 Å². The average Bonchev–Trinajstić information content (AvgIpc) is 1.83. The third kappa shape index (κ3) is 6.05. The van der Waals surface area contributed by atoms with Gasteiger partial charge in [0, 0.05) is 0 Å². The van der Waals surface area contributed by atoms with Crippen LogP contribution in [0.15, 0.2) is 0 Å². The van der Waals surface area contributed by atoms with Crippen LogP contribution in [-0.4, -0.2) is 22.5 Å². The van der Waals surface area contributed by atoms with Gasteiger partial charge in [0.2, 0.25) is 6.43 Å². The van der Waals surface area contributed by atoms with E-state index in [9.17, 15) is 13.3 Å². The Morgan fingerprint density at radius 2 is 2.11 bits per heavy atom. The molecule has 0 spiro atoms. The second kappa shape index (κ2) is 4.99. The van der Waals surface area contributed by atoms with Gasteiger partial charge in [0.05, 0.1) is 6.42 Å². The predicted molar refractivity (Wildman–Crippen MR) is 33.9 cm³/mol.